The van der Waals surface area contributed by atoms with E-state index in [-0.39, 0.29) is 36.2 Å². The molecule has 2 amide bonds. The van der Waals surface area contributed by atoms with E-state index in [0.29, 0.717) is 17.9 Å². The van der Waals surface area contributed by atoms with E-state index in [4.69, 9.17) is 4.74 Å². The molecule has 1 aromatic rings. The molecule has 0 unspecified atom stereocenters. The van der Waals surface area contributed by atoms with Gasteiger partial charge in [-0.25, -0.2) is 0 Å². The normalized spacial score (nSPS) is 27.8. The van der Waals surface area contributed by atoms with Crippen LogP contribution >= 0.6 is 0 Å². The van der Waals surface area contributed by atoms with Gasteiger partial charge in [0.05, 0.1) is 6.54 Å². The van der Waals surface area contributed by atoms with Gasteiger partial charge in [0.15, 0.2) is 5.78 Å². The third-order valence-corrected chi connectivity index (χ3v) is 8.25. The summed E-state index contributed by atoms with van der Waals surface area (Å²) in [5.74, 6) is -0.398. The molecule has 204 valence electrons. The van der Waals surface area contributed by atoms with Crippen LogP contribution in [0, 0.1) is 5.41 Å². The van der Waals surface area contributed by atoms with E-state index in [1.165, 1.54) is 16.9 Å². The minimum absolute atomic E-state index is 0.00796. The van der Waals surface area contributed by atoms with E-state index in [1.807, 2.05) is 45.0 Å². The van der Waals surface area contributed by atoms with E-state index in [2.05, 4.69) is 17.1 Å². The van der Waals surface area contributed by atoms with E-state index in [0.717, 1.165) is 32.5 Å². The number of piperidine rings is 1. The highest BCUT2D eigenvalue weighted by molar-refractivity contribution is 6.00. The first kappa shape index (κ1) is 27.7. The fraction of sp³-hybridized carbons (Fsp3) is 0.690. The first-order valence-electron chi connectivity index (χ1n) is 13.7. The fourth-order valence-corrected chi connectivity index (χ4v) is 6.17. The number of ketones is 1. The molecule has 37 heavy (non-hydrogen) atoms. The number of carbonyl (C=O) groups excluding carboxylic acids is 3. The minimum atomic E-state index is -1.22. The molecule has 0 saturated carbocycles. The number of β-amino-alcohol motifs (C(OH)–C–C–N with tert-alkyl or cyclic N) is 1. The van der Waals surface area contributed by atoms with Crippen molar-refractivity contribution < 1.29 is 24.2 Å². The second-order valence-corrected chi connectivity index (χ2v) is 12.3. The maximum atomic E-state index is 13.8. The van der Waals surface area contributed by atoms with Gasteiger partial charge in [-0.05, 0) is 81.3 Å². The molecule has 1 aromatic carbocycles. The van der Waals surface area contributed by atoms with Crippen LogP contribution < -0.4 is 5.32 Å². The Hall–Kier alpha value is -2.29. The number of amides is 2. The van der Waals surface area contributed by atoms with Crippen molar-refractivity contribution in [3.63, 3.8) is 0 Å². The van der Waals surface area contributed by atoms with Gasteiger partial charge < -0.3 is 25.0 Å². The number of aliphatic hydroxyl groups excluding tert-OH is 1. The molecular weight excluding hydrogens is 470 g/mol. The first-order chi connectivity index (χ1) is 17.4. The number of fused-ring (bicyclic) bond motifs is 1. The van der Waals surface area contributed by atoms with Crippen LogP contribution in [-0.4, -0.2) is 89.1 Å². The van der Waals surface area contributed by atoms with Crippen LogP contribution in [0.2, 0.25) is 0 Å². The zero-order valence-electron chi connectivity index (χ0n) is 23.0. The summed E-state index contributed by atoms with van der Waals surface area (Å²) in [6, 6.07) is 6.92. The van der Waals surface area contributed by atoms with E-state index < -0.39 is 23.8 Å². The predicted molar refractivity (Wildman–Crippen MR) is 141 cm³/mol. The standard InChI is InChI=1S/C29H43N3O5/c1-6-13-31-14-11-20(12-15-31)19-7-9-21(10-8-19)26(35)30-22(16-28(2,3)4)27(36)32-17-23(33)25-29(32,5)24(34)18-37-25/h7-10,20,22-23,25,33H,6,11-18H2,1-5H3,(H,30,35)/t22-,23+,25+,29+/m0/s1. The number of hydrogen-bond donors (Lipinski definition) is 2. The monoisotopic (exact) mass is 513 g/mol. The smallest absolute Gasteiger partial charge is 0.251 e. The molecule has 0 aliphatic carbocycles. The second kappa shape index (κ2) is 10.8. The van der Waals surface area contributed by atoms with Crippen molar-refractivity contribution in [1.29, 1.82) is 0 Å². The number of benzene rings is 1. The Morgan fingerprint density at radius 1 is 1.19 bits per heavy atom. The Kier molecular flexibility index (Phi) is 8.12. The van der Waals surface area contributed by atoms with E-state index in [9.17, 15) is 19.5 Å². The number of nitrogens with one attached hydrogen (secondary N) is 1. The van der Waals surface area contributed by atoms with Crippen molar-refractivity contribution in [1.82, 2.24) is 15.1 Å². The third kappa shape index (κ3) is 5.76. The SMILES string of the molecule is CCCN1CCC(c2ccc(C(=O)N[C@@H](CC(C)(C)C)C(=O)N3C[C@@H](O)[C@H]4OCC(=O)[C@]43C)cc2)CC1. The van der Waals surface area contributed by atoms with Crippen LogP contribution in [0.4, 0.5) is 0 Å². The Bertz CT molecular complexity index is 996. The highest BCUT2D eigenvalue weighted by Gasteiger charge is 2.61. The third-order valence-electron chi connectivity index (χ3n) is 8.25. The van der Waals surface area contributed by atoms with Gasteiger partial charge >= 0.3 is 0 Å². The Morgan fingerprint density at radius 3 is 2.43 bits per heavy atom. The van der Waals surface area contributed by atoms with E-state index in [1.54, 1.807) is 6.92 Å². The lowest BCUT2D eigenvalue weighted by atomic mass is 9.86. The molecule has 8 nitrogen and oxygen atoms in total. The number of likely N-dealkylation sites (tertiary alicyclic amines) is 2. The molecule has 0 bridgehead atoms. The second-order valence-electron chi connectivity index (χ2n) is 12.3. The molecule has 0 spiro atoms. The first-order valence-corrected chi connectivity index (χ1v) is 13.7. The van der Waals surface area contributed by atoms with Crippen molar-refractivity contribution in [3.05, 3.63) is 35.4 Å². The van der Waals surface area contributed by atoms with Gasteiger partial charge in [-0.3, -0.25) is 14.4 Å². The summed E-state index contributed by atoms with van der Waals surface area (Å²) in [5, 5.41) is 13.4. The number of aliphatic hydroxyl groups is 1. The van der Waals surface area contributed by atoms with Gasteiger partial charge in [-0.1, -0.05) is 39.8 Å². The number of hydrogen-bond acceptors (Lipinski definition) is 6. The Labute approximate surface area is 220 Å². The Balaban J connectivity index is 1.46. The average molecular weight is 514 g/mol. The molecule has 3 heterocycles. The summed E-state index contributed by atoms with van der Waals surface area (Å²) < 4.78 is 5.51. The lowest BCUT2D eigenvalue weighted by molar-refractivity contribution is -0.143. The summed E-state index contributed by atoms with van der Waals surface area (Å²) >= 11 is 0. The number of Topliss-reactive ketones (excluding diaryl/α,β-unsaturated/α-hetero) is 1. The van der Waals surface area contributed by atoms with Crippen molar-refractivity contribution >= 4 is 17.6 Å². The van der Waals surface area contributed by atoms with Gasteiger partial charge in [-0.2, -0.15) is 0 Å². The van der Waals surface area contributed by atoms with Crippen molar-refractivity contribution in [2.75, 3.05) is 32.8 Å². The highest BCUT2D eigenvalue weighted by atomic mass is 16.5. The minimum Gasteiger partial charge on any atom is -0.388 e. The lowest BCUT2D eigenvalue weighted by Gasteiger charge is -2.36. The van der Waals surface area contributed by atoms with Crippen LogP contribution in [0.3, 0.4) is 0 Å². The summed E-state index contributed by atoms with van der Waals surface area (Å²) in [6.07, 6.45) is 2.14. The van der Waals surface area contributed by atoms with Gasteiger partial charge in [0.2, 0.25) is 5.91 Å². The molecule has 3 saturated heterocycles. The molecule has 2 N–H and O–H groups in total. The van der Waals surface area contributed by atoms with Gasteiger partial charge in [-0.15, -0.1) is 0 Å². The molecule has 8 heteroatoms. The molecule has 4 rings (SSSR count). The molecule has 3 aliphatic heterocycles. The zero-order chi connectivity index (χ0) is 27.0. The van der Waals surface area contributed by atoms with Crippen molar-refractivity contribution in [3.8, 4) is 0 Å². The van der Waals surface area contributed by atoms with Crippen LogP contribution in [0.15, 0.2) is 24.3 Å². The average Bonchev–Trinajstić information content (AvgIpc) is 3.30. The van der Waals surface area contributed by atoms with Crippen LogP contribution in [-0.2, 0) is 14.3 Å². The zero-order valence-corrected chi connectivity index (χ0v) is 23.0. The van der Waals surface area contributed by atoms with Gasteiger partial charge in [0, 0.05) is 5.56 Å². The number of carbonyl (C=O) groups is 3. The highest BCUT2D eigenvalue weighted by Crippen LogP contribution is 2.38. The molecule has 3 aliphatic rings. The number of ether oxygens (including phenoxy) is 1. The Morgan fingerprint density at radius 2 is 1.84 bits per heavy atom. The summed E-state index contributed by atoms with van der Waals surface area (Å²) in [5.41, 5.74) is 0.287. The molecule has 0 aromatic heterocycles. The largest absolute Gasteiger partial charge is 0.388 e. The van der Waals surface area contributed by atoms with E-state index >= 15 is 0 Å². The van der Waals surface area contributed by atoms with Crippen molar-refractivity contribution in [2.45, 2.75) is 90.0 Å². The number of rotatable bonds is 7. The molecular formula is C29H43N3O5. The predicted octanol–water partition coefficient (Wildman–Crippen LogP) is 2.74. The number of nitrogens with zero attached hydrogens (tertiary/aromatic N) is 2. The fourth-order valence-electron chi connectivity index (χ4n) is 6.17. The molecule has 0 radical (unpaired) electrons. The van der Waals surface area contributed by atoms with Gasteiger partial charge in [0.1, 0.15) is 30.4 Å². The molecule has 4 atom stereocenters. The quantitative estimate of drug-likeness (QED) is 0.582. The summed E-state index contributed by atoms with van der Waals surface area (Å²) in [4.78, 5) is 43.6. The topological polar surface area (TPSA) is 99.2 Å². The molecule has 3 fully saturated rings. The van der Waals surface area contributed by atoms with Gasteiger partial charge in [0.25, 0.3) is 5.91 Å². The van der Waals surface area contributed by atoms with Crippen LogP contribution in [0.1, 0.15) is 82.1 Å². The maximum Gasteiger partial charge on any atom is 0.251 e. The maximum absolute atomic E-state index is 13.8. The summed E-state index contributed by atoms with van der Waals surface area (Å²) in [7, 11) is 0. The van der Waals surface area contributed by atoms with Crippen LogP contribution in [0.5, 0.6) is 0 Å². The lowest BCUT2D eigenvalue weighted by Crippen LogP contribution is -2.59. The van der Waals surface area contributed by atoms with Crippen LogP contribution in [0.25, 0.3) is 0 Å². The van der Waals surface area contributed by atoms with Crippen molar-refractivity contribution in [2.24, 2.45) is 5.41 Å². The summed E-state index contributed by atoms with van der Waals surface area (Å²) in [6.45, 7) is 13.1.